The number of carbonyl (C=O) groups excluding carboxylic acids is 2. The third kappa shape index (κ3) is 9.17. The zero-order chi connectivity index (χ0) is 46.2. The van der Waals surface area contributed by atoms with Crippen LogP contribution in [0.4, 0.5) is 34.5 Å². The van der Waals surface area contributed by atoms with E-state index < -0.39 is 11.9 Å². The Labute approximate surface area is 401 Å². The van der Waals surface area contributed by atoms with Crippen molar-refractivity contribution in [2.75, 3.05) is 79.4 Å². The molecule has 1 saturated carbocycles. The van der Waals surface area contributed by atoms with Gasteiger partial charge < -0.3 is 29.9 Å². The molecule has 10 rings (SSSR count). The summed E-state index contributed by atoms with van der Waals surface area (Å²) in [6.45, 7) is 9.41. The molecule has 67 heavy (non-hydrogen) atoms. The van der Waals surface area contributed by atoms with Gasteiger partial charge in [-0.25, -0.2) is 9.78 Å². The number of imidazole rings is 1. The number of methoxy groups -OCH3 is 1. The number of fused-ring (bicyclic) bond motifs is 2. The number of piperazine rings is 1. The van der Waals surface area contributed by atoms with Crippen molar-refractivity contribution in [1.82, 2.24) is 44.2 Å². The molecular weight excluding hydrogens is 935 g/mol. The van der Waals surface area contributed by atoms with Crippen LogP contribution in [0, 0.1) is 0 Å². The predicted octanol–water partition coefficient (Wildman–Crippen LogP) is 7.19. The van der Waals surface area contributed by atoms with E-state index >= 15 is 0 Å². The molecule has 6 heterocycles. The Balaban J connectivity index is 0.771. The summed E-state index contributed by atoms with van der Waals surface area (Å²) in [5, 5.41) is 9.39. The third-order valence-electron chi connectivity index (χ3n) is 13.8. The van der Waals surface area contributed by atoms with Crippen molar-refractivity contribution in [2.45, 2.75) is 76.4 Å². The van der Waals surface area contributed by atoms with E-state index in [1.165, 1.54) is 36.0 Å². The molecule has 4 N–H and O–H groups in total. The topological polar surface area (TPSA) is 180 Å². The van der Waals surface area contributed by atoms with Crippen molar-refractivity contribution in [2.24, 2.45) is 0 Å². The van der Waals surface area contributed by atoms with Crippen molar-refractivity contribution >= 4 is 96.3 Å². The molecule has 6 aromatic rings. The van der Waals surface area contributed by atoms with E-state index in [2.05, 4.69) is 84.5 Å². The summed E-state index contributed by atoms with van der Waals surface area (Å²) in [5.41, 5.74) is 9.20. The number of anilines is 6. The van der Waals surface area contributed by atoms with Gasteiger partial charge in [-0.2, -0.15) is 4.98 Å². The molecule has 0 bridgehead atoms. The van der Waals surface area contributed by atoms with Gasteiger partial charge >= 0.3 is 5.69 Å². The quantitative estimate of drug-likeness (QED) is 0.0600. The second-order valence-electron chi connectivity index (χ2n) is 17.7. The molecule has 2 amide bonds. The Morgan fingerprint density at radius 2 is 1.72 bits per heavy atom. The Kier molecular flexibility index (Phi) is 13.1. The van der Waals surface area contributed by atoms with Gasteiger partial charge in [-0.1, -0.05) is 24.1 Å². The SMILES string of the molecule is CCn1c(=O)n(C2CCC(=O)NC2=O)c2cccc(CCN3CCN(C4CCN(c5cc(OC)c(Nc6ncc(Br)c(Nc7ccc8nccnc8c7NSC)n6)cc5C5CC5)CC4)CC3)c21. The van der Waals surface area contributed by atoms with Gasteiger partial charge in [0.25, 0.3) is 0 Å². The molecule has 1 atom stereocenters. The normalized spacial score (nSPS) is 18.7. The lowest BCUT2D eigenvalue weighted by Crippen LogP contribution is -2.53. The number of piperidine rings is 2. The fraction of sp³-hybridized carbons (Fsp3) is 0.438. The minimum Gasteiger partial charge on any atom is -0.494 e. The summed E-state index contributed by atoms with van der Waals surface area (Å²) in [6, 6.07) is 14.2. The second kappa shape index (κ2) is 19.5. The zero-order valence-corrected chi connectivity index (χ0v) is 40.5. The number of rotatable bonds is 15. The number of halogens is 1. The number of amides is 2. The Morgan fingerprint density at radius 1 is 0.910 bits per heavy atom. The minimum absolute atomic E-state index is 0.195. The molecular formula is C48H56BrN13O4S. The average molecular weight is 991 g/mol. The Bertz CT molecular complexity index is 2890. The number of carbonyl (C=O) groups is 2. The maximum absolute atomic E-state index is 13.7. The van der Waals surface area contributed by atoms with Gasteiger partial charge in [-0.15, -0.1) is 0 Å². The number of ether oxygens (including phenoxy) is 1. The number of imide groups is 1. The lowest BCUT2D eigenvalue weighted by molar-refractivity contribution is -0.135. The summed E-state index contributed by atoms with van der Waals surface area (Å²) in [4.78, 5) is 64.7. The highest BCUT2D eigenvalue weighted by Crippen LogP contribution is 2.48. The summed E-state index contributed by atoms with van der Waals surface area (Å²) in [5.74, 6) is 1.62. The van der Waals surface area contributed by atoms with Crippen molar-refractivity contribution in [3.8, 4) is 5.75 Å². The molecule has 19 heteroatoms. The van der Waals surface area contributed by atoms with E-state index in [-0.39, 0.29) is 18.0 Å². The first-order valence-electron chi connectivity index (χ1n) is 23.3. The zero-order valence-electron chi connectivity index (χ0n) is 38.1. The standard InChI is InChI=1S/C48H56BrN13O4S/c1-4-61-44-30(6-5-7-37(44)62(48(61)65)38-12-13-41(63)55-46(38)64)14-19-58-22-24-59(25-23-58)31-15-20-60(21-16-31)39-27-40(66-2)36(26-32(39)29-8-9-29)54-47-52-28-33(49)45(56-47)53-35-11-10-34-42(43(35)57-67-3)51-18-17-50-34/h5-7,10-11,17-18,26-29,31,38,57H,4,8-9,12-16,19-25H2,1-3H3,(H,55,63,64)(H2,52,53,54,56). The van der Waals surface area contributed by atoms with Gasteiger partial charge in [0.1, 0.15) is 23.1 Å². The van der Waals surface area contributed by atoms with Crippen molar-refractivity contribution in [3.05, 3.63) is 87.1 Å². The van der Waals surface area contributed by atoms with Gasteiger partial charge in [-0.05, 0) is 103 Å². The van der Waals surface area contributed by atoms with Gasteiger partial charge in [0.2, 0.25) is 17.8 Å². The minimum atomic E-state index is -0.685. The van der Waals surface area contributed by atoms with E-state index in [9.17, 15) is 14.4 Å². The molecule has 0 radical (unpaired) electrons. The molecule has 4 fully saturated rings. The average Bonchev–Trinajstić information content (AvgIpc) is 4.16. The molecule has 0 spiro atoms. The van der Waals surface area contributed by atoms with Crippen LogP contribution in [0.15, 0.2) is 70.3 Å². The number of hydrogen-bond acceptors (Lipinski definition) is 15. The Morgan fingerprint density at radius 3 is 2.46 bits per heavy atom. The molecule has 3 aliphatic heterocycles. The predicted molar refractivity (Wildman–Crippen MR) is 268 cm³/mol. The number of para-hydroxylation sites is 1. The van der Waals surface area contributed by atoms with E-state index in [1.54, 1.807) is 34.8 Å². The van der Waals surface area contributed by atoms with Gasteiger partial charge in [0.05, 0.1) is 45.2 Å². The van der Waals surface area contributed by atoms with Crippen LogP contribution in [0.1, 0.15) is 68.5 Å². The summed E-state index contributed by atoms with van der Waals surface area (Å²) in [6.07, 6.45) is 13.0. The first-order chi connectivity index (χ1) is 32.7. The van der Waals surface area contributed by atoms with Crippen LogP contribution in [0.3, 0.4) is 0 Å². The molecule has 17 nitrogen and oxygen atoms in total. The number of nitrogens with one attached hydrogen (secondary N) is 4. The van der Waals surface area contributed by atoms with E-state index in [1.807, 2.05) is 37.4 Å². The summed E-state index contributed by atoms with van der Waals surface area (Å²) in [7, 11) is 1.72. The van der Waals surface area contributed by atoms with Crippen LogP contribution in [-0.2, 0) is 22.6 Å². The highest BCUT2D eigenvalue weighted by atomic mass is 79.9. The third-order valence-corrected chi connectivity index (χ3v) is 14.8. The van der Waals surface area contributed by atoms with Crippen LogP contribution in [0.5, 0.6) is 5.75 Å². The number of hydrogen-bond donors (Lipinski definition) is 4. The molecule has 3 aromatic carbocycles. The molecule has 3 aromatic heterocycles. The van der Waals surface area contributed by atoms with Crippen molar-refractivity contribution in [3.63, 3.8) is 0 Å². The highest BCUT2D eigenvalue weighted by molar-refractivity contribution is 9.10. The van der Waals surface area contributed by atoms with Crippen LogP contribution in [-0.4, -0.2) is 116 Å². The fourth-order valence-corrected chi connectivity index (χ4v) is 10.9. The first kappa shape index (κ1) is 45.0. The highest BCUT2D eigenvalue weighted by Gasteiger charge is 2.34. The summed E-state index contributed by atoms with van der Waals surface area (Å²) < 4.78 is 13.5. The molecule has 1 unspecified atom stereocenters. The molecule has 4 aliphatic rings. The van der Waals surface area contributed by atoms with Gasteiger partial charge in [0.15, 0.2) is 0 Å². The number of nitrogens with zero attached hydrogens (tertiary/aromatic N) is 9. The van der Waals surface area contributed by atoms with Gasteiger partial charge in [0, 0.05) is 101 Å². The number of aromatic nitrogens is 6. The van der Waals surface area contributed by atoms with Crippen LogP contribution in [0.25, 0.3) is 22.1 Å². The van der Waals surface area contributed by atoms with E-state index in [0.717, 1.165) is 120 Å². The lowest BCUT2D eigenvalue weighted by atomic mass is 9.98. The molecule has 1 aliphatic carbocycles. The molecule has 3 saturated heterocycles. The lowest BCUT2D eigenvalue weighted by Gasteiger charge is -2.43. The Hall–Kier alpha value is -5.76. The van der Waals surface area contributed by atoms with E-state index in [4.69, 9.17) is 9.72 Å². The van der Waals surface area contributed by atoms with Crippen molar-refractivity contribution < 1.29 is 14.3 Å². The monoisotopic (exact) mass is 989 g/mol. The van der Waals surface area contributed by atoms with Crippen LogP contribution >= 0.6 is 27.9 Å². The maximum Gasteiger partial charge on any atom is 0.329 e. The molecule has 350 valence electrons. The largest absolute Gasteiger partial charge is 0.494 e. The maximum atomic E-state index is 13.7. The van der Waals surface area contributed by atoms with Crippen LogP contribution < -0.4 is 36.0 Å². The van der Waals surface area contributed by atoms with Crippen molar-refractivity contribution in [1.29, 1.82) is 0 Å². The fourth-order valence-electron chi connectivity index (χ4n) is 10.2. The van der Waals surface area contributed by atoms with Crippen LogP contribution in [0.2, 0.25) is 0 Å². The second-order valence-corrected chi connectivity index (χ2v) is 19.2. The van der Waals surface area contributed by atoms with E-state index in [0.29, 0.717) is 36.7 Å². The van der Waals surface area contributed by atoms with Gasteiger partial charge in [-0.3, -0.25) is 38.9 Å². The first-order valence-corrected chi connectivity index (χ1v) is 25.3. The smallest absolute Gasteiger partial charge is 0.329 e. The number of benzene rings is 3. The summed E-state index contributed by atoms with van der Waals surface area (Å²) >= 11 is 5.13. The number of aryl methyl sites for hydroxylation is 1.